The van der Waals surface area contributed by atoms with Gasteiger partial charge in [0.05, 0.1) is 7.11 Å². The van der Waals surface area contributed by atoms with Gasteiger partial charge < -0.3 is 24.3 Å². The lowest BCUT2D eigenvalue weighted by molar-refractivity contribution is -0.143. The van der Waals surface area contributed by atoms with Crippen molar-refractivity contribution in [3.05, 3.63) is 53.6 Å². The van der Waals surface area contributed by atoms with Crippen LogP contribution >= 0.6 is 0 Å². The van der Waals surface area contributed by atoms with E-state index >= 15 is 0 Å². The number of ether oxygens (including phenoxy) is 4. The maximum Gasteiger partial charge on any atom is 0.325 e. The van der Waals surface area contributed by atoms with Crippen molar-refractivity contribution in [2.45, 2.75) is 6.61 Å². The molecule has 2 aromatic rings. The van der Waals surface area contributed by atoms with E-state index in [1.54, 1.807) is 42.5 Å². The SMILES string of the molecule is COc1cccc(C(=O)NCC(=O)OCc2ccc3c(c2)OCO3)c1. The zero-order valence-electron chi connectivity index (χ0n) is 13.6. The third kappa shape index (κ3) is 4.20. The first-order chi connectivity index (χ1) is 12.2. The first kappa shape index (κ1) is 16.6. The molecule has 0 saturated carbocycles. The normalized spacial score (nSPS) is 11.7. The summed E-state index contributed by atoms with van der Waals surface area (Å²) in [5, 5.41) is 2.51. The van der Waals surface area contributed by atoms with Gasteiger partial charge >= 0.3 is 5.97 Å². The molecule has 130 valence electrons. The zero-order valence-corrected chi connectivity index (χ0v) is 13.6. The molecule has 0 aromatic heterocycles. The molecule has 7 heteroatoms. The number of fused-ring (bicyclic) bond motifs is 1. The topological polar surface area (TPSA) is 83.1 Å². The Hall–Kier alpha value is -3.22. The van der Waals surface area contributed by atoms with Crippen molar-refractivity contribution in [3.8, 4) is 17.2 Å². The summed E-state index contributed by atoms with van der Waals surface area (Å²) in [6.07, 6.45) is 0. The standard InChI is InChI=1S/C18H17NO6/c1-22-14-4-2-3-13(8-14)18(21)19-9-17(20)23-10-12-5-6-15-16(7-12)25-11-24-15/h2-8H,9-11H2,1H3,(H,19,21). The average Bonchev–Trinajstić information content (AvgIpc) is 3.12. The first-order valence-electron chi connectivity index (χ1n) is 7.62. The zero-order chi connectivity index (χ0) is 17.6. The quantitative estimate of drug-likeness (QED) is 0.807. The molecule has 0 atom stereocenters. The fraction of sp³-hybridized carbons (Fsp3) is 0.222. The van der Waals surface area contributed by atoms with Gasteiger partial charge in [0.2, 0.25) is 6.79 Å². The van der Waals surface area contributed by atoms with Crippen LogP contribution in [0, 0.1) is 0 Å². The highest BCUT2D eigenvalue weighted by Crippen LogP contribution is 2.32. The van der Waals surface area contributed by atoms with E-state index in [0.29, 0.717) is 22.8 Å². The fourth-order valence-corrected chi connectivity index (χ4v) is 2.26. The molecule has 0 saturated heterocycles. The van der Waals surface area contributed by atoms with Crippen LogP contribution in [0.5, 0.6) is 17.2 Å². The van der Waals surface area contributed by atoms with Gasteiger partial charge in [-0.2, -0.15) is 0 Å². The van der Waals surface area contributed by atoms with Gasteiger partial charge in [0.15, 0.2) is 11.5 Å². The molecule has 1 amide bonds. The van der Waals surface area contributed by atoms with Crippen LogP contribution in [0.1, 0.15) is 15.9 Å². The number of carbonyl (C=O) groups excluding carboxylic acids is 2. The van der Waals surface area contributed by atoms with Gasteiger partial charge in [-0.15, -0.1) is 0 Å². The summed E-state index contributed by atoms with van der Waals surface area (Å²) in [6, 6.07) is 12.0. The van der Waals surface area contributed by atoms with Crippen molar-refractivity contribution < 1.29 is 28.5 Å². The molecule has 1 aliphatic rings. The van der Waals surface area contributed by atoms with Gasteiger partial charge in [0, 0.05) is 5.56 Å². The van der Waals surface area contributed by atoms with Crippen molar-refractivity contribution in [2.75, 3.05) is 20.4 Å². The monoisotopic (exact) mass is 343 g/mol. The summed E-state index contributed by atoms with van der Waals surface area (Å²) in [5.74, 6) is 0.950. The van der Waals surface area contributed by atoms with Gasteiger partial charge in [-0.05, 0) is 35.9 Å². The van der Waals surface area contributed by atoms with Gasteiger partial charge in [0.1, 0.15) is 18.9 Å². The number of methoxy groups -OCH3 is 1. The summed E-state index contributed by atoms with van der Waals surface area (Å²) in [5.41, 5.74) is 1.18. The second-order valence-corrected chi connectivity index (χ2v) is 5.26. The maximum absolute atomic E-state index is 12.0. The second-order valence-electron chi connectivity index (χ2n) is 5.26. The third-order valence-corrected chi connectivity index (χ3v) is 3.56. The van der Waals surface area contributed by atoms with E-state index in [1.165, 1.54) is 7.11 Å². The van der Waals surface area contributed by atoms with Crippen molar-refractivity contribution >= 4 is 11.9 Å². The Kier molecular flexibility index (Phi) is 5.03. The molecular weight excluding hydrogens is 326 g/mol. The minimum absolute atomic E-state index is 0.0878. The lowest BCUT2D eigenvalue weighted by Crippen LogP contribution is -2.30. The number of esters is 1. The summed E-state index contributed by atoms with van der Waals surface area (Å²) >= 11 is 0. The molecule has 0 unspecified atom stereocenters. The van der Waals surface area contributed by atoms with Gasteiger partial charge in [-0.1, -0.05) is 12.1 Å². The van der Waals surface area contributed by atoms with E-state index in [1.807, 2.05) is 0 Å². The molecule has 1 heterocycles. The van der Waals surface area contributed by atoms with Crippen LogP contribution in [0.3, 0.4) is 0 Å². The van der Waals surface area contributed by atoms with E-state index in [0.717, 1.165) is 5.56 Å². The van der Waals surface area contributed by atoms with Gasteiger partial charge in [-0.25, -0.2) is 0 Å². The smallest absolute Gasteiger partial charge is 0.325 e. The molecule has 0 spiro atoms. The highest BCUT2D eigenvalue weighted by atomic mass is 16.7. The van der Waals surface area contributed by atoms with Crippen LogP contribution in [0.2, 0.25) is 0 Å². The lowest BCUT2D eigenvalue weighted by atomic mass is 10.2. The van der Waals surface area contributed by atoms with E-state index in [4.69, 9.17) is 18.9 Å². The van der Waals surface area contributed by atoms with Gasteiger partial charge in [0.25, 0.3) is 5.91 Å². The number of hydrogen-bond acceptors (Lipinski definition) is 6. The Balaban J connectivity index is 1.47. The Morgan fingerprint density at radius 3 is 2.80 bits per heavy atom. The molecule has 0 bridgehead atoms. The number of nitrogens with one attached hydrogen (secondary N) is 1. The largest absolute Gasteiger partial charge is 0.497 e. The minimum Gasteiger partial charge on any atom is -0.497 e. The van der Waals surface area contributed by atoms with Crippen LogP contribution in [0.25, 0.3) is 0 Å². The molecule has 0 aliphatic carbocycles. The van der Waals surface area contributed by atoms with E-state index in [2.05, 4.69) is 5.32 Å². The van der Waals surface area contributed by atoms with E-state index < -0.39 is 5.97 Å². The Bertz CT molecular complexity index is 789. The third-order valence-electron chi connectivity index (χ3n) is 3.56. The molecule has 1 N–H and O–H groups in total. The van der Waals surface area contributed by atoms with Crippen molar-refractivity contribution in [3.63, 3.8) is 0 Å². The molecule has 1 aliphatic heterocycles. The lowest BCUT2D eigenvalue weighted by Gasteiger charge is -2.08. The van der Waals surface area contributed by atoms with Crippen LogP contribution in [-0.2, 0) is 16.1 Å². The highest BCUT2D eigenvalue weighted by Gasteiger charge is 2.14. The predicted octanol–water partition coefficient (Wildman–Crippen LogP) is 1.90. The van der Waals surface area contributed by atoms with Crippen molar-refractivity contribution in [1.29, 1.82) is 0 Å². The van der Waals surface area contributed by atoms with Crippen LogP contribution in [-0.4, -0.2) is 32.3 Å². The maximum atomic E-state index is 12.0. The molecule has 0 fully saturated rings. The highest BCUT2D eigenvalue weighted by molar-refractivity contribution is 5.96. The molecule has 25 heavy (non-hydrogen) atoms. The number of hydrogen-bond donors (Lipinski definition) is 1. The van der Waals surface area contributed by atoms with Crippen molar-refractivity contribution in [2.24, 2.45) is 0 Å². The molecular formula is C18H17NO6. The average molecular weight is 343 g/mol. The van der Waals surface area contributed by atoms with Crippen LogP contribution in [0.15, 0.2) is 42.5 Å². The minimum atomic E-state index is -0.533. The number of carbonyl (C=O) groups is 2. The second kappa shape index (κ2) is 7.57. The molecule has 3 rings (SSSR count). The molecule has 7 nitrogen and oxygen atoms in total. The van der Waals surface area contributed by atoms with E-state index in [-0.39, 0.29) is 25.9 Å². The Morgan fingerprint density at radius 2 is 1.96 bits per heavy atom. The number of benzene rings is 2. The van der Waals surface area contributed by atoms with E-state index in [9.17, 15) is 9.59 Å². The number of amides is 1. The fourth-order valence-electron chi connectivity index (χ4n) is 2.26. The summed E-state index contributed by atoms with van der Waals surface area (Å²) in [7, 11) is 1.52. The predicted molar refractivity (Wildman–Crippen MR) is 87.7 cm³/mol. The Labute approximate surface area is 144 Å². The molecule has 2 aromatic carbocycles. The van der Waals surface area contributed by atoms with Gasteiger partial charge in [-0.3, -0.25) is 9.59 Å². The Morgan fingerprint density at radius 1 is 1.12 bits per heavy atom. The molecule has 0 radical (unpaired) electrons. The van der Waals surface area contributed by atoms with Crippen LogP contribution < -0.4 is 19.5 Å². The first-order valence-corrected chi connectivity index (χ1v) is 7.62. The summed E-state index contributed by atoms with van der Waals surface area (Å²) < 4.78 is 20.7. The summed E-state index contributed by atoms with van der Waals surface area (Å²) in [6.45, 7) is 0.0555. The number of rotatable bonds is 6. The van der Waals surface area contributed by atoms with Crippen molar-refractivity contribution in [1.82, 2.24) is 5.32 Å². The summed E-state index contributed by atoms with van der Waals surface area (Å²) in [4.78, 5) is 23.8. The van der Waals surface area contributed by atoms with Crippen LogP contribution in [0.4, 0.5) is 0 Å².